The third-order valence-electron chi connectivity index (χ3n) is 6.81. The Hall–Kier alpha value is -3.52. The zero-order valence-electron chi connectivity index (χ0n) is 19.8. The summed E-state index contributed by atoms with van der Waals surface area (Å²) in [5.41, 5.74) is 3.86. The number of aromatic amines is 1. The Morgan fingerprint density at radius 3 is 2.34 bits per heavy atom. The van der Waals surface area contributed by atoms with Crippen molar-refractivity contribution in [2.75, 3.05) is 13.1 Å². The molecule has 3 heterocycles. The first-order chi connectivity index (χ1) is 16.8. The predicted octanol–water partition coefficient (Wildman–Crippen LogP) is 4.83. The van der Waals surface area contributed by atoms with Crippen LogP contribution in [0.5, 0.6) is 0 Å². The van der Waals surface area contributed by atoms with Gasteiger partial charge in [0.2, 0.25) is 0 Å². The van der Waals surface area contributed by atoms with Gasteiger partial charge >= 0.3 is 0 Å². The van der Waals surface area contributed by atoms with E-state index < -0.39 is 15.1 Å². The minimum atomic E-state index is -3.33. The van der Waals surface area contributed by atoms with E-state index >= 15 is 0 Å². The summed E-state index contributed by atoms with van der Waals surface area (Å²) in [6, 6.07) is 19.1. The number of aromatic nitrogens is 3. The number of nitrogens with one attached hydrogen (secondary N) is 1. The minimum Gasteiger partial charge on any atom is -0.337 e. The Morgan fingerprint density at radius 1 is 1.00 bits per heavy atom. The van der Waals surface area contributed by atoms with Crippen molar-refractivity contribution in [1.82, 2.24) is 20.1 Å². The molecule has 1 aliphatic rings. The molecule has 1 fully saturated rings. The van der Waals surface area contributed by atoms with Crippen LogP contribution in [0.2, 0.25) is 0 Å². The monoisotopic (exact) mass is 488 g/mol. The average Bonchev–Trinajstić information content (AvgIpc) is 3.32. The van der Waals surface area contributed by atoms with Crippen molar-refractivity contribution in [3.8, 4) is 11.1 Å². The lowest BCUT2D eigenvalue weighted by Crippen LogP contribution is -2.38. The Labute approximate surface area is 205 Å². The highest BCUT2D eigenvalue weighted by Crippen LogP contribution is 2.30. The summed E-state index contributed by atoms with van der Waals surface area (Å²) in [5.74, 6) is 0.368. The largest absolute Gasteiger partial charge is 0.337 e. The number of fused-ring (bicyclic) bond motifs is 1. The highest BCUT2D eigenvalue weighted by molar-refractivity contribution is 7.92. The molecule has 0 spiro atoms. The van der Waals surface area contributed by atoms with E-state index in [0.717, 1.165) is 24.0 Å². The third kappa shape index (κ3) is 4.46. The van der Waals surface area contributed by atoms with Crippen molar-refractivity contribution in [3.63, 3.8) is 0 Å². The number of hydrogen-bond donors (Lipinski definition) is 1. The van der Waals surface area contributed by atoms with Crippen LogP contribution in [0.3, 0.4) is 0 Å². The number of H-pyrrole nitrogens is 1. The number of sulfone groups is 1. The Morgan fingerprint density at radius 2 is 1.69 bits per heavy atom. The summed E-state index contributed by atoms with van der Waals surface area (Å²) in [7, 11) is -3.33. The van der Waals surface area contributed by atoms with Crippen molar-refractivity contribution >= 4 is 26.8 Å². The summed E-state index contributed by atoms with van der Waals surface area (Å²) in [6.45, 7) is 4.71. The van der Waals surface area contributed by atoms with Crippen LogP contribution in [0.15, 0.2) is 71.8 Å². The maximum Gasteiger partial charge on any atom is 0.275 e. The van der Waals surface area contributed by atoms with Gasteiger partial charge in [-0.2, -0.15) is 5.10 Å². The first-order valence-corrected chi connectivity index (χ1v) is 13.4. The van der Waals surface area contributed by atoms with E-state index in [2.05, 4.69) is 39.4 Å². The van der Waals surface area contributed by atoms with Crippen molar-refractivity contribution in [2.24, 2.45) is 0 Å². The van der Waals surface area contributed by atoms with Gasteiger partial charge in [-0.15, -0.1) is 0 Å². The maximum absolute atomic E-state index is 13.3. The van der Waals surface area contributed by atoms with Gasteiger partial charge in [-0.25, -0.2) is 13.4 Å². The second kappa shape index (κ2) is 9.26. The Kier molecular flexibility index (Phi) is 6.15. The van der Waals surface area contributed by atoms with Crippen molar-refractivity contribution in [1.29, 1.82) is 0 Å². The number of likely N-dealkylation sites (tertiary alicyclic amines) is 1. The molecule has 180 valence electrons. The second-order valence-corrected chi connectivity index (χ2v) is 11.8. The standard InChI is InChI=1S/C27H28N4O3S/c1-18(2)35(33,34)23-10-8-20(9-11-23)22-16-24-25(29-30-26(24)28-17-22)27(32)31-14-12-21(13-15-31)19-6-4-3-5-7-19/h3-11,16-18,21H,12-15H2,1-2H3,(H,28,29,30). The fraction of sp³-hybridized carbons (Fsp3) is 0.296. The van der Waals surface area contributed by atoms with E-state index in [1.165, 1.54) is 5.56 Å². The van der Waals surface area contributed by atoms with Gasteiger partial charge in [-0.1, -0.05) is 42.5 Å². The number of carbonyl (C=O) groups is 1. The van der Waals surface area contributed by atoms with Gasteiger partial charge < -0.3 is 4.90 Å². The smallest absolute Gasteiger partial charge is 0.275 e. The van der Waals surface area contributed by atoms with Gasteiger partial charge in [-0.3, -0.25) is 9.89 Å². The molecule has 7 nitrogen and oxygen atoms in total. The fourth-order valence-electron chi connectivity index (χ4n) is 4.62. The van der Waals surface area contributed by atoms with E-state index in [0.29, 0.717) is 40.6 Å². The van der Waals surface area contributed by atoms with Gasteiger partial charge in [0.05, 0.1) is 15.5 Å². The van der Waals surface area contributed by atoms with Crippen LogP contribution in [0.1, 0.15) is 48.7 Å². The number of amides is 1. The summed E-state index contributed by atoms with van der Waals surface area (Å²) < 4.78 is 24.8. The molecule has 0 unspecified atom stereocenters. The third-order valence-corrected chi connectivity index (χ3v) is 8.98. The first-order valence-electron chi connectivity index (χ1n) is 11.9. The summed E-state index contributed by atoms with van der Waals surface area (Å²) in [5, 5.41) is 7.35. The molecule has 0 aliphatic carbocycles. The summed E-state index contributed by atoms with van der Waals surface area (Å²) >= 11 is 0. The number of benzene rings is 2. The molecule has 0 bridgehead atoms. The predicted molar refractivity (Wildman–Crippen MR) is 136 cm³/mol. The maximum atomic E-state index is 13.3. The van der Waals surface area contributed by atoms with Crippen LogP contribution in [0.25, 0.3) is 22.2 Å². The number of nitrogens with zero attached hydrogens (tertiary/aromatic N) is 3. The van der Waals surface area contributed by atoms with Crippen LogP contribution >= 0.6 is 0 Å². The lowest BCUT2D eigenvalue weighted by molar-refractivity contribution is 0.0709. The van der Waals surface area contributed by atoms with Gasteiger partial charge in [0.1, 0.15) is 0 Å². The number of hydrogen-bond acceptors (Lipinski definition) is 5. The normalized spacial score (nSPS) is 15.1. The first kappa shape index (κ1) is 23.2. The number of piperidine rings is 1. The van der Waals surface area contributed by atoms with Gasteiger partial charge in [0.25, 0.3) is 5.91 Å². The minimum absolute atomic E-state index is 0.0971. The van der Waals surface area contributed by atoms with Crippen LogP contribution in [0.4, 0.5) is 0 Å². The molecule has 35 heavy (non-hydrogen) atoms. The fourth-order valence-corrected chi connectivity index (χ4v) is 5.68. The van der Waals surface area contributed by atoms with Crippen LogP contribution < -0.4 is 0 Å². The molecule has 1 saturated heterocycles. The van der Waals surface area contributed by atoms with Crippen molar-refractivity contribution in [3.05, 3.63) is 78.1 Å². The Bertz CT molecular complexity index is 1450. The molecule has 4 aromatic rings. The number of rotatable bonds is 5. The lowest BCUT2D eigenvalue weighted by Gasteiger charge is -2.31. The highest BCUT2D eigenvalue weighted by atomic mass is 32.2. The molecule has 2 aromatic heterocycles. The Balaban J connectivity index is 1.37. The van der Waals surface area contributed by atoms with Crippen LogP contribution in [0, 0.1) is 0 Å². The highest BCUT2D eigenvalue weighted by Gasteiger charge is 2.27. The van der Waals surface area contributed by atoms with Gasteiger partial charge in [0, 0.05) is 24.8 Å². The molecule has 2 aromatic carbocycles. The lowest BCUT2D eigenvalue weighted by atomic mass is 9.89. The second-order valence-electron chi connectivity index (χ2n) is 9.29. The molecule has 0 atom stereocenters. The molecular formula is C27H28N4O3S. The molecule has 0 saturated carbocycles. The molecule has 1 N–H and O–H groups in total. The van der Waals surface area contributed by atoms with Crippen LogP contribution in [-0.4, -0.2) is 52.7 Å². The van der Waals surface area contributed by atoms with E-state index in [4.69, 9.17) is 0 Å². The molecule has 1 amide bonds. The summed E-state index contributed by atoms with van der Waals surface area (Å²) in [6.07, 6.45) is 3.55. The van der Waals surface area contributed by atoms with E-state index in [-0.39, 0.29) is 5.91 Å². The summed E-state index contributed by atoms with van der Waals surface area (Å²) in [4.78, 5) is 19.9. The average molecular weight is 489 g/mol. The number of carbonyl (C=O) groups excluding carboxylic acids is 1. The molecule has 1 aliphatic heterocycles. The zero-order chi connectivity index (χ0) is 24.6. The molecular weight excluding hydrogens is 460 g/mol. The van der Waals surface area contributed by atoms with E-state index in [9.17, 15) is 13.2 Å². The van der Waals surface area contributed by atoms with E-state index in [1.54, 1.807) is 44.3 Å². The molecule has 0 radical (unpaired) electrons. The van der Waals surface area contributed by atoms with Gasteiger partial charge in [0.15, 0.2) is 21.2 Å². The molecule has 8 heteroatoms. The topological polar surface area (TPSA) is 96.0 Å². The number of pyridine rings is 1. The molecule has 5 rings (SSSR count). The van der Waals surface area contributed by atoms with Crippen molar-refractivity contribution < 1.29 is 13.2 Å². The van der Waals surface area contributed by atoms with Crippen LogP contribution in [-0.2, 0) is 9.84 Å². The van der Waals surface area contributed by atoms with E-state index in [1.807, 2.05) is 17.0 Å². The van der Waals surface area contributed by atoms with Crippen molar-refractivity contribution in [2.45, 2.75) is 42.8 Å². The SMILES string of the molecule is CC(C)S(=O)(=O)c1ccc(-c2cnc3[nH]nc(C(=O)N4CCC(c5ccccc5)CC4)c3c2)cc1. The van der Waals surface area contributed by atoms with Gasteiger partial charge in [-0.05, 0) is 61.9 Å². The zero-order valence-corrected chi connectivity index (χ0v) is 20.6. The quantitative estimate of drug-likeness (QED) is 0.434.